The van der Waals surface area contributed by atoms with E-state index in [0.717, 1.165) is 6.54 Å². The summed E-state index contributed by atoms with van der Waals surface area (Å²) >= 11 is 0. The normalized spacial score (nSPS) is 14.0. The molecule has 0 amide bonds. The molecule has 1 unspecified atom stereocenters. The Kier molecular flexibility index (Phi) is 5.07. The monoisotopic (exact) mass is 126 g/mol. The molecule has 0 aromatic rings. The first-order chi connectivity index (χ1) is 4.31. The molecule has 0 aromatic heterocycles. The van der Waals surface area contributed by atoms with Gasteiger partial charge in [0.1, 0.15) is 6.34 Å². The lowest BCUT2D eigenvalue weighted by Crippen LogP contribution is -1.95. The predicted octanol–water partition coefficient (Wildman–Crippen LogP) is 1.76. The second-order valence-electron chi connectivity index (χ2n) is 2.18. The fraction of sp³-hybridized carbons (Fsp3) is 0.714. The lowest BCUT2D eigenvalue weighted by Gasteiger charge is -2.00. The molecular weight excluding hydrogens is 112 g/mol. The molecule has 0 aromatic carbocycles. The maximum Gasteiger partial charge on any atom is 0.109 e. The third-order valence-electron chi connectivity index (χ3n) is 1.28. The number of rotatable bonds is 4. The molecule has 0 rings (SSSR count). The Bertz CT molecular complexity index is 97.1. The van der Waals surface area contributed by atoms with Gasteiger partial charge in [0.25, 0.3) is 0 Å². The summed E-state index contributed by atoms with van der Waals surface area (Å²) in [5.74, 6) is 0.669. The maximum absolute atomic E-state index is 4.01. The molecule has 52 valence electrons. The molecule has 0 saturated heterocycles. The fourth-order valence-corrected chi connectivity index (χ4v) is 0.414. The molecule has 0 aliphatic carbocycles. The van der Waals surface area contributed by atoms with Gasteiger partial charge in [-0.2, -0.15) is 0 Å². The van der Waals surface area contributed by atoms with Gasteiger partial charge in [-0.25, -0.2) is 0 Å². The van der Waals surface area contributed by atoms with Crippen LogP contribution in [-0.4, -0.2) is 19.6 Å². The number of hydrogen-bond acceptors (Lipinski definition) is 1. The van der Waals surface area contributed by atoms with Crippen LogP contribution in [0.4, 0.5) is 0 Å². The molecule has 0 heterocycles. The molecule has 1 atom stereocenters. The van der Waals surface area contributed by atoms with Gasteiger partial charge in [-0.15, -0.1) is 0 Å². The SMILES string of the molecule is C=NC=NCC(C)CC. The molecule has 0 bridgehead atoms. The van der Waals surface area contributed by atoms with E-state index in [4.69, 9.17) is 0 Å². The van der Waals surface area contributed by atoms with Crippen LogP contribution in [0.1, 0.15) is 20.3 Å². The predicted molar refractivity (Wildman–Crippen MR) is 42.4 cm³/mol. The van der Waals surface area contributed by atoms with E-state index >= 15 is 0 Å². The van der Waals surface area contributed by atoms with E-state index in [1.165, 1.54) is 12.8 Å². The van der Waals surface area contributed by atoms with Crippen molar-refractivity contribution in [2.45, 2.75) is 20.3 Å². The van der Waals surface area contributed by atoms with Gasteiger partial charge in [0.2, 0.25) is 0 Å². The fourth-order valence-electron chi connectivity index (χ4n) is 0.414. The van der Waals surface area contributed by atoms with Gasteiger partial charge in [-0.3, -0.25) is 9.98 Å². The molecule has 0 radical (unpaired) electrons. The van der Waals surface area contributed by atoms with Gasteiger partial charge in [0.05, 0.1) is 0 Å². The largest absolute Gasteiger partial charge is 0.273 e. The Labute approximate surface area is 56.7 Å². The molecule has 0 saturated carbocycles. The summed E-state index contributed by atoms with van der Waals surface area (Å²) in [6.07, 6.45) is 2.68. The first kappa shape index (κ1) is 8.34. The molecule has 0 spiro atoms. The number of hydrogen-bond donors (Lipinski definition) is 0. The van der Waals surface area contributed by atoms with Crippen LogP contribution in [0.25, 0.3) is 0 Å². The third-order valence-corrected chi connectivity index (χ3v) is 1.28. The summed E-state index contributed by atoms with van der Waals surface area (Å²) in [7, 11) is 0. The zero-order chi connectivity index (χ0) is 7.11. The van der Waals surface area contributed by atoms with E-state index in [0.29, 0.717) is 5.92 Å². The quantitative estimate of drug-likeness (QED) is 0.405. The van der Waals surface area contributed by atoms with Crippen LogP contribution in [0, 0.1) is 5.92 Å². The Hall–Kier alpha value is -0.660. The minimum Gasteiger partial charge on any atom is -0.273 e. The highest BCUT2D eigenvalue weighted by Gasteiger charge is 1.92. The lowest BCUT2D eigenvalue weighted by molar-refractivity contribution is 0.578. The Balaban J connectivity index is 3.25. The Morgan fingerprint density at radius 1 is 1.67 bits per heavy atom. The van der Waals surface area contributed by atoms with E-state index in [1.54, 1.807) is 0 Å². The first-order valence-electron chi connectivity index (χ1n) is 3.25. The van der Waals surface area contributed by atoms with Crippen LogP contribution in [-0.2, 0) is 0 Å². The first-order valence-corrected chi connectivity index (χ1v) is 3.25. The van der Waals surface area contributed by atoms with Crippen LogP contribution in [0.5, 0.6) is 0 Å². The molecule has 0 fully saturated rings. The van der Waals surface area contributed by atoms with E-state index in [9.17, 15) is 0 Å². The van der Waals surface area contributed by atoms with Crippen LogP contribution in [0.15, 0.2) is 9.98 Å². The van der Waals surface area contributed by atoms with Crippen molar-refractivity contribution in [1.29, 1.82) is 0 Å². The maximum atomic E-state index is 4.01. The standard InChI is InChI=1S/C7H14N2/c1-4-7(2)5-9-6-8-3/h6-7H,3-5H2,1-2H3. The second kappa shape index (κ2) is 5.48. The highest BCUT2D eigenvalue weighted by atomic mass is 14.8. The molecule has 9 heavy (non-hydrogen) atoms. The van der Waals surface area contributed by atoms with Gasteiger partial charge < -0.3 is 0 Å². The van der Waals surface area contributed by atoms with Crippen molar-refractivity contribution in [2.24, 2.45) is 15.9 Å². The second-order valence-corrected chi connectivity index (χ2v) is 2.18. The average molecular weight is 126 g/mol. The lowest BCUT2D eigenvalue weighted by atomic mass is 10.1. The highest BCUT2D eigenvalue weighted by molar-refractivity contribution is 5.61. The van der Waals surface area contributed by atoms with Gasteiger partial charge in [-0.1, -0.05) is 20.3 Å². The molecular formula is C7H14N2. The van der Waals surface area contributed by atoms with Crippen molar-refractivity contribution in [2.75, 3.05) is 6.54 Å². The minimum atomic E-state index is 0.669. The Morgan fingerprint density at radius 3 is 2.78 bits per heavy atom. The zero-order valence-electron chi connectivity index (χ0n) is 6.17. The molecule has 2 nitrogen and oxygen atoms in total. The molecule has 0 N–H and O–H groups in total. The Morgan fingerprint density at radius 2 is 2.33 bits per heavy atom. The molecule has 0 aliphatic heterocycles. The van der Waals surface area contributed by atoms with Gasteiger partial charge >= 0.3 is 0 Å². The summed E-state index contributed by atoms with van der Waals surface area (Å²) in [5, 5.41) is 0. The number of nitrogens with zero attached hydrogens (tertiary/aromatic N) is 2. The van der Waals surface area contributed by atoms with Crippen LogP contribution >= 0.6 is 0 Å². The zero-order valence-corrected chi connectivity index (χ0v) is 6.17. The van der Waals surface area contributed by atoms with Crippen molar-refractivity contribution >= 4 is 13.1 Å². The van der Waals surface area contributed by atoms with E-state index in [-0.39, 0.29) is 0 Å². The highest BCUT2D eigenvalue weighted by Crippen LogP contribution is 1.98. The van der Waals surface area contributed by atoms with Gasteiger partial charge in [0.15, 0.2) is 0 Å². The van der Waals surface area contributed by atoms with Crippen molar-refractivity contribution in [3.63, 3.8) is 0 Å². The van der Waals surface area contributed by atoms with Crippen molar-refractivity contribution in [3.05, 3.63) is 0 Å². The smallest absolute Gasteiger partial charge is 0.109 e. The van der Waals surface area contributed by atoms with Crippen LogP contribution in [0.3, 0.4) is 0 Å². The molecule has 2 heteroatoms. The van der Waals surface area contributed by atoms with Crippen LogP contribution in [0.2, 0.25) is 0 Å². The van der Waals surface area contributed by atoms with Crippen molar-refractivity contribution < 1.29 is 0 Å². The van der Waals surface area contributed by atoms with E-state index in [1.807, 2.05) is 0 Å². The summed E-state index contributed by atoms with van der Waals surface area (Å²) < 4.78 is 0. The van der Waals surface area contributed by atoms with E-state index < -0.39 is 0 Å². The van der Waals surface area contributed by atoms with E-state index in [2.05, 4.69) is 30.5 Å². The topological polar surface area (TPSA) is 24.7 Å². The van der Waals surface area contributed by atoms with Crippen molar-refractivity contribution in [1.82, 2.24) is 0 Å². The summed E-state index contributed by atoms with van der Waals surface area (Å²) in [5.41, 5.74) is 0. The summed E-state index contributed by atoms with van der Waals surface area (Å²) in [6.45, 7) is 8.48. The third kappa shape index (κ3) is 5.21. The van der Waals surface area contributed by atoms with Gasteiger partial charge in [-0.05, 0) is 12.6 Å². The van der Waals surface area contributed by atoms with Gasteiger partial charge in [0, 0.05) is 6.54 Å². The summed E-state index contributed by atoms with van der Waals surface area (Å²) in [4.78, 5) is 7.51. The summed E-state index contributed by atoms with van der Waals surface area (Å²) in [6, 6.07) is 0. The molecule has 0 aliphatic rings. The minimum absolute atomic E-state index is 0.669. The number of aliphatic imine (C=N–C) groups is 2. The average Bonchev–Trinajstić information content (AvgIpc) is 1.89. The van der Waals surface area contributed by atoms with Crippen molar-refractivity contribution in [3.8, 4) is 0 Å². The van der Waals surface area contributed by atoms with Crippen LogP contribution < -0.4 is 0 Å².